The minimum atomic E-state index is -0.953. The summed E-state index contributed by atoms with van der Waals surface area (Å²) in [5.41, 5.74) is 1.20. The number of carboxylic acids is 1. The first-order chi connectivity index (χ1) is 9.04. The Balaban J connectivity index is 2.63. The van der Waals surface area contributed by atoms with Gasteiger partial charge in [0.2, 0.25) is 0 Å². The summed E-state index contributed by atoms with van der Waals surface area (Å²) in [6, 6.07) is 7.32. The van der Waals surface area contributed by atoms with Gasteiger partial charge in [0.05, 0.1) is 17.8 Å². The number of aromatic nitrogens is 1. The normalized spacial score (nSPS) is 10.7. The van der Waals surface area contributed by atoms with Gasteiger partial charge in [-0.3, -0.25) is 0 Å². The second-order valence-corrected chi connectivity index (χ2v) is 5.42. The van der Waals surface area contributed by atoms with E-state index in [9.17, 15) is 9.90 Å². The van der Waals surface area contributed by atoms with Crippen LogP contribution in [0.4, 0.5) is 0 Å². The molecule has 0 unspecified atom stereocenters. The van der Waals surface area contributed by atoms with E-state index < -0.39 is 5.97 Å². The largest absolute Gasteiger partial charge is 0.496 e. The van der Waals surface area contributed by atoms with Crippen molar-refractivity contribution >= 4 is 17.3 Å². The zero-order valence-corrected chi connectivity index (χ0v) is 11.8. The van der Waals surface area contributed by atoms with Crippen LogP contribution < -0.4 is 4.74 Å². The Hall–Kier alpha value is -1.88. The summed E-state index contributed by atoms with van der Waals surface area (Å²) in [7, 11) is 1.56. The average molecular weight is 277 g/mol. The summed E-state index contributed by atoms with van der Waals surface area (Å²) in [6.07, 6.45) is 0. The Morgan fingerprint density at radius 2 is 2.05 bits per heavy atom. The minimum Gasteiger partial charge on any atom is -0.496 e. The number of methoxy groups -OCH3 is 1. The van der Waals surface area contributed by atoms with Crippen LogP contribution in [0.2, 0.25) is 0 Å². The summed E-state index contributed by atoms with van der Waals surface area (Å²) < 4.78 is 5.28. The van der Waals surface area contributed by atoms with Crippen molar-refractivity contribution < 1.29 is 14.6 Å². The van der Waals surface area contributed by atoms with E-state index in [-0.39, 0.29) is 10.8 Å². The number of thiazole rings is 1. The molecule has 0 amide bonds. The van der Waals surface area contributed by atoms with Crippen molar-refractivity contribution in [2.75, 3.05) is 7.11 Å². The van der Waals surface area contributed by atoms with Gasteiger partial charge in [0, 0.05) is 11.5 Å². The lowest BCUT2D eigenvalue weighted by atomic mass is 10.1. The first kappa shape index (κ1) is 13.5. The fourth-order valence-corrected chi connectivity index (χ4v) is 2.67. The number of para-hydroxylation sites is 1. The molecule has 0 saturated carbocycles. The lowest BCUT2D eigenvalue weighted by Crippen LogP contribution is -1.97. The molecule has 19 heavy (non-hydrogen) atoms. The molecule has 1 aromatic carbocycles. The number of hydrogen-bond acceptors (Lipinski definition) is 4. The molecule has 0 aliphatic carbocycles. The zero-order valence-electron chi connectivity index (χ0n) is 11.0. The maximum Gasteiger partial charge on any atom is 0.348 e. The summed E-state index contributed by atoms with van der Waals surface area (Å²) in [6.45, 7) is 3.99. The molecule has 1 N–H and O–H groups in total. The lowest BCUT2D eigenvalue weighted by Gasteiger charge is -2.06. The smallest absolute Gasteiger partial charge is 0.348 e. The minimum absolute atomic E-state index is 0.201. The molecule has 2 aromatic rings. The number of nitrogens with zero attached hydrogens (tertiary/aromatic N) is 1. The van der Waals surface area contributed by atoms with E-state index in [0.29, 0.717) is 17.0 Å². The summed E-state index contributed by atoms with van der Waals surface area (Å²) in [5, 5.41) is 10.1. The van der Waals surface area contributed by atoms with Gasteiger partial charge in [-0.2, -0.15) is 0 Å². The number of benzene rings is 1. The van der Waals surface area contributed by atoms with Crippen LogP contribution in [0.25, 0.3) is 11.3 Å². The van der Waals surface area contributed by atoms with E-state index in [1.165, 1.54) is 11.3 Å². The first-order valence-corrected chi connectivity index (χ1v) is 6.73. The van der Waals surface area contributed by atoms with E-state index in [2.05, 4.69) is 4.98 Å². The van der Waals surface area contributed by atoms with E-state index >= 15 is 0 Å². The Morgan fingerprint density at radius 3 is 2.63 bits per heavy atom. The summed E-state index contributed by atoms with van der Waals surface area (Å²) in [4.78, 5) is 16.1. The second kappa shape index (κ2) is 5.40. The molecule has 0 spiro atoms. The third-order valence-electron chi connectivity index (χ3n) is 2.69. The summed E-state index contributed by atoms with van der Waals surface area (Å²) >= 11 is 1.22. The molecule has 0 aliphatic heterocycles. The maximum absolute atomic E-state index is 11.4. The molecule has 0 bridgehead atoms. The highest BCUT2D eigenvalue weighted by molar-refractivity contribution is 7.14. The zero-order chi connectivity index (χ0) is 14.0. The molecule has 0 atom stereocenters. The number of carboxylic acid groups (broad SMARTS) is 1. The van der Waals surface area contributed by atoms with E-state index in [0.717, 1.165) is 5.01 Å². The van der Waals surface area contributed by atoms with Gasteiger partial charge in [-0.15, -0.1) is 11.3 Å². The van der Waals surface area contributed by atoms with Crippen LogP contribution in [-0.4, -0.2) is 23.2 Å². The van der Waals surface area contributed by atoms with Gasteiger partial charge in [-0.05, 0) is 12.1 Å². The summed E-state index contributed by atoms with van der Waals surface area (Å²) in [5.74, 6) is -0.123. The van der Waals surface area contributed by atoms with Gasteiger partial charge in [-0.1, -0.05) is 26.0 Å². The standard InChI is InChI=1S/C14H15NO3S/c1-8(2)13-15-11(12(19-13)14(16)17)9-6-4-5-7-10(9)18-3/h4-8H,1-3H3,(H,16,17). The number of carbonyl (C=O) groups is 1. The molecule has 5 heteroatoms. The molecule has 100 valence electrons. The van der Waals surface area contributed by atoms with Gasteiger partial charge in [0.25, 0.3) is 0 Å². The van der Waals surface area contributed by atoms with Gasteiger partial charge < -0.3 is 9.84 Å². The lowest BCUT2D eigenvalue weighted by molar-refractivity contribution is 0.0702. The van der Waals surface area contributed by atoms with Crippen molar-refractivity contribution in [1.29, 1.82) is 0 Å². The first-order valence-electron chi connectivity index (χ1n) is 5.92. The number of aromatic carboxylic acids is 1. The molecule has 0 fully saturated rings. The molecule has 1 aromatic heterocycles. The van der Waals surface area contributed by atoms with Crippen molar-refractivity contribution in [3.05, 3.63) is 34.2 Å². The van der Waals surface area contributed by atoms with E-state index in [1.807, 2.05) is 32.0 Å². The molecular formula is C14H15NO3S. The maximum atomic E-state index is 11.4. The van der Waals surface area contributed by atoms with Crippen LogP contribution in [0.5, 0.6) is 5.75 Å². The molecular weight excluding hydrogens is 262 g/mol. The monoisotopic (exact) mass is 277 g/mol. The molecule has 1 heterocycles. The molecule has 0 saturated heterocycles. The average Bonchev–Trinajstić information content (AvgIpc) is 2.83. The Morgan fingerprint density at radius 1 is 1.37 bits per heavy atom. The van der Waals surface area contributed by atoms with E-state index in [4.69, 9.17) is 4.74 Å². The molecule has 4 nitrogen and oxygen atoms in total. The second-order valence-electron chi connectivity index (χ2n) is 4.39. The van der Waals surface area contributed by atoms with Crippen LogP contribution in [0, 0.1) is 0 Å². The van der Waals surface area contributed by atoms with Crippen LogP contribution >= 0.6 is 11.3 Å². The third kappa shape index (κ3) is 2.61. The number of rotatable bonds is 4. The topological polar surface area (TPSA) is 59.4 Å². The Bertz CT molecular complexity index is 604. The number of hydrogen-bond donors (Lipinski definition) is 1. The molecule has 0 radical (unpaired) electrons. The predicted molar refractivity (Wildman–Crippen MR) is 75.2 cm³/mol. The highest BCUT2D eigenvalue weighted by Gasteiger charge is 2.22. The fourth-order valence-electron chi connectivity index (χ4n) is 1.75. The fraction of sp³-hybridized carbons (Fsp3) is 0.286. The van der Waals surface area contributed by atoms with Crippen molar-refractivity contribution in [2.24, 2.45) is 0 Å². The van der Waals surface area contributed by atoms with Crippen molar-refractivity contribution in [1.82, 2.24) is 4.98 Å². The Kier molecular flexibility index (Phi) is 3.85. The van der Waals surface area contributed by atoms with Crippen molar-refractivity contribution in [2.45, 2.75) is 19.8 Å². The predicted octanol–water partition coefficient (Wildman–Crippen LogP) is 3.64. The van der Waals surface area contributed by atoms with Crippen LogP contribution in [0.15, 0.2) is 24.3 Å². The molecule has 2 rings (SSSR count). The van der Waals surface area contributed by atoms with Gasteiger partial charge in [-0.25, -0.2) is 9.78 Å². The van der Waals surface area contributed by atoms with Crippen molar-refractivity contribution in [3.8, 4) is 17.0 Å². The SMILES string of the molecule is COc1ccccc1-c1nc(C(C)C)sc1C(=O)O. The highest BCUT2D eigenvalue weighted by atomic mass is 32.1. The van der Waals surface area contributed by atoms with Gasteiger partial charge in [0.15, 0.2) is 0 Å². The van der Waals surface area contributed by atoms with E-state index in [1.54, 1.807) is 13.2 Å². The van der Waals surface area contributed by atoms with Crippen LogP contribution in [-0.2, 0) is 0 Å². The highest BCUT2D eigenvalue weighted by Crippen LogP contribution is 2.36. The van der Waals surface area contributed by atoms with Gasteiger partial charge >= 0.3 is 5.97 Å². The van der Waals surface area contributed by atoms with Gasteiger partial charge in [0.1, 0.15) is 10.6 Å². The quantitative estimate of drug-likeness (QED) is 0.926. The number of ether oxygens (including phenoxy) is 1. The Labute approximate surface area is 115 Å². The van der Waals surface area contributed by atoms with Crippen LogP contribution in [0.1, 0.15) is 34.4 Å². The molecule has 0 aliphatic rings. The van der Waals surface area contributed by atoms with Crippen LogP contribution in [0.3, 0.4) is 0 Å². The third-order valence-corrected chi connectivity index (χ3v) is 4.04. The van der Waals surface area contributed by atoms with Crippen molar-refractivity contribution in [3.63, 3.8) is 0 Å².